The van der Waals surface area contributed by atoms with Crippen molar-refractivity contribution in [1.82, 2.24) is 9.88 Å². The van der Waals surface area contributed by atoms with Gasteiger partial charge in [-0.2, -0.15) is 0 Å². The molecule has 0 amide bonds. The average molecular weight is 298 g/mol. The Morgan fingerprint density at radius 1 is 1.00 bits per heavy atom. The number of rotatable bonds is 4. The molecule has 0 unspecified atom stereocenters. The third kappa shape index (κ3) is 3.40. The van der Waals surface area contributed by atoms with Crippen LogP contribution in [0.1, 0.15) is 5.56 Å². The number of anilines is 1. The van der Waals surface area contributed by atoms with Crippen LogP contribution in [0.3, 0.4) is 0 Å². The Bertz CT molecular complexity index is 622. The van der Waals surface area contributed by atoms with Gasteiger partial charge in [0.2, 0.25) is 0 Å². The van der Waals surface area contributed by atoms with Gasteiger partial charge >= 0.3 is 0 Å². The molecule has 0 atom stereocenters. The Morgan fingerprint density at radius 3 is 2.23 bits per heavy atom. The number of aromatic nitrogens is 1. The van der Waals surface area contributed by atoms with Gasteiger partial charge in [-0.1, -0.05) is 12.1 Å². The van der Waals surface area contributed by atoms with E-state index in [1.54, 1.807) is 12.1 Å². The fraction of sp³-hybridized carbons (Fsp3) is 0.312. The maximum absolute atomic E-state index is 10.7. The predicted molar refractivity (Wildman–Crippen MR) is 84.8 cm³/mol. The zero-order valence-corrected chi connectivity index (χ0v) is 12.3. The SMILES string of the molecule is O=[N+]([O-])c1ccc(CN2CCN(c3ccncc3)CC2)cc1. The summed E-state index contributed by atoms with van der Waals surface area (Å²) < 4.78 is 0. The molecule has 1 fully saturated rings. The van der Waals surface area contributed by atoms with E-state index in [1.807, 2.05) is 36.7 Å². The lowest BCUT2D eigenvalue weighted by molar-refractivity contribution is -0.384. The minimum Gasteiger partial charge on any atom is -0.369 e. The molecule has 0 spiro atoms. The topological polar surface area (TPSA) is 62.5 Å². The quantitative estimate of drug-likeness (QED) is 0.640. The van der Waals surface area contributed by atoms with Gasteiger partial charge in [0, 0.05) is 62.9 Å². The highest BCUT2D eigenvalue weighted by atomic mass is 16.6. The summed E-state index contributed by atoms with van der Waals surface area (Å²) in [6.07, 6.45) is 3.64. The highest BCUT2D eigenvalue weighted by Crippen LogP contribution is 2.17. The number of piperazine rings is 1. The summed E-state index contributed by atoms with van der Waals surface area (Å²) in [7, 11) is 0. The van der Waals surface area contributed by atoms with Crippen LogP contribution < -0.4 is 4.90 Å². The van der Waals surface area contributed by atoms with Crippen LogP contribution in [0.5, 0.6) is 0 Å². The van der Waals surface area contributed by atoms with Gasteiger partial charge in [0.25, 0.3) is 5.69 Å². The molecule has 1 saturated heterocycles. The molecule has 2 aromatic rings. The molecule has 6 heteroatoms. The Labute approximate surface area is 129 Å². The van der Waals surface area contributed by atoms with E-state index < -0.39 is 0 Å². The number of pyridine rings is 1. The summed E-state index contributed by atoms with van der Waals surface area (Å²) in [4.78, 5) is 19.1. The van der Waals surface area contributed by atoms with Crippen LogP contribution in [-0.2, 0) is 6.54 Å². The molecule has 0 bridgehead atoms. The second-order valence-corrected chi connectivity index (χ2v) is 5.39. The molecule has 114 valence electrons. The van der Waals surface area contributed by atoms with E-state index in [-0.39, 0.29) is 10.6 Å². The van der Waals surface area contributed by atoms with E-state index in [1.165, 1.54) is 5.69 Å². The van der Waals surface area contributed by atoms with Crippen molar-refractivity contribution in [3.8, 4) is 0 Å². The van der Waals surface area contributed by atoms with Crippen LogP contribution in [0.2, 0.25) is 0 Å². The molecule has 3 rings (SSSR count). The third-order valence-corrected chi connectivity index (χ3v) is 3.95. The number of nitro benzene ring substituents is 1. The molecule has 0 aliphatic carbocycles. The lowest BCUT2D eigenvalue weighted by atomic mass is 10.1. The van der Waals surface area contributed by atoms with Crippen LogP contribution in [0, 0.1) is 10.1 Å². The second kappa shape index (κ2) is 6.53. The lowest BCUT2D eigenvalue weighted by Crippen LogP contribution is -2.45. The van der Waals surface area contributed by atoms with E-state index in [0.29, 0.717) is 0 Å². The monoisotopic (exact) mass is 298 g/mol. The Morgan fingerprint density at radius 2 is 1.64 bits per heavy atom. The van der Waals surface area contributed by atoms with Crippen molar-refractivity contribution in [1.29, 1.82) is 0 Å². The van der Waals surface area contributed by atoms with Gasteiger partial charge in [-0.25, -0.2) is 0 Å². The first kappa shape index (κ1) is 14.5. The van der Waals surface area contributed by atoms with E-state index in [0.717, 1.165) is 38.3 Å². The Hall–Kier alpha value is -2.47. The molecule has 22 heavy (non-hydrogen) atoms. The molecule has 0 saturated carbocycles. The normalized spacial score (nSPS) is 15.7. The molecule has 1 aromatic heterocycles. The van der Waals surface area contributed by atoms with Crippen molar-refractivity contribution >= 4 is 11.4 Å². The first-order valence-electron chi connectivity index (χ1n) is 7.33. The van der Waals surface area contributed by atoms with Crippen LogP contribution in [0.25, 0.3) is 0 Å². The van der Waals surface area contributed by atoms with E-state index in [9.17, 15) is 10.1 Å². The summed E-state index contributed by atoms with van der Waals surface area (Å²) in [6.45, 7) is 4.77. The van der Waals surface area contributed by atoms with Gasteiger partial charge < -0.3 is 4.90 Å². The molecule has 0 radical (unpaired) electrons. The second-order valence-electron chi connectivity index (χ2n) is 5.39. The number of hydrogen-bond donors (Lipinski definition) is 0. The molecular weight excluding hydrogens is 280 g/mol. The van der Waals surface area contributed by atoms with Crippen molar-refractivity contribution in [2.24, 2.45) is 0 Å². The van der Waals surface area contributed by atoms with Gasteiger partial charge in [0.05, 0.1) is 4.92 Å². The van der Waals surface area contributed by atoms with Gasteiger partial charge in [0.1, 0.15) is 0 Å². The van der Waals surface area contributed by atoms with E-state index in [4.69, 9.17) is 0 Å². The predicted octanol–water partition coefficient (Wildman–Crippen LogP) is 2.31. The number of hydrogen-bond acceptors (Lipinski definition) is 5. The Kier molecular flexibility index (Phi) is 4.29. The fourth-order valence-corrected chi connectivity index (χ4v) is 2.70. The van der Waals surface area contributed by atoms with Crippen LogP contribution in [0.15, 0.2) is 48.8 Å². The number of non-ortho nitro benzene ring substituents is 1. The molecule has 1 aliphatic heterocycles. The molecule has 2 heterocycles. The smallest absolute Gasteiger partial charge is 0.269 e. The highest BCUT2D eigenvalue weighted by Gasteiger charge is 2.17. The van der Waals surface area contributed by atoms with Gasteiger partial charge in [-0.15, -0.1) is 0 Å². The largest absolute Gasteiger partial charge is 0.369 e. The van der Waals surface area contributed by atoms with Crippen LogP contribution in [-0.4, -0.2) is 41.0 Å². The fourth-order valence-electron chi connectivity index (χ4n) is 2.70. The maximum atomic E-state index is 10.7. The van der Waals surface area contributed by atoms with Crippen molar-refractivity contribution < 1.29 is 4.92 Å². The van der Waals surface area contributed by atoms with E-state index >= 15 is 0 Å². The summed E-state index contributed by atoms with van der Waals surface area (Å²) >= 11 is 0. The maximum Gasteiger partial charge on any atom is 0.269 e. The number of nitro groups is 1. The summed E-state index contributed by atoms with van der Waals surface area (Å²) in [6, 6.07) is 10.9. The first-order valence-corrected chi connectivity index (χ1v) is 7.33. The first-order chi connectivity index (χ1) is 10.7. The minimum atomic E-state index is -0.364. The van der Waals surface area contributed by atoms with E-state index in [2.05, 4.69) is 14.8 Å². The number of benzene rings is 1. The summed E-state index contributed by atoms with van der Waals surface area (Å²) in [5, 5.41) is 10.7. The third-order valence-electron chi connectivity index (χ3n) is 3.95. The van der Waals surface area contributed by atoms with Crippen molar-refractivity contribution in [3.05, 3.63) is 64.5 Å². The van der Waals surface area contributed by atoms with Crippen molar-refractivity contribution in [3.63, 3.8) is 0 Å². The van der Waals surface area contributed by atoms with Crippen LogP contribution >= 0.6 is 0 Å². The number of nitrogens with zero attached hydrogens (tertiary/aromatic N) is 4. The molecule has 6 nitrogen and oxygen atoms in total. The summed E-state index contributed by atoms with van der Waals surface area (Å²) in [5.41, 5.74) is 2.47. The van der Waals surface area contributed by atoms with Crippen molar-refractivity contribution in [2.45, 2.75) is 6.54 Å². The molecule has 1 aliphatic rings. The summed E-state index contributed by atoms with van der Waals surface area (Å²) in [5.74, 6) is 0. The Balaban J connectivity index is 1.54. The van der Waals surface area contributed by atoms with Crippen molar-refractivity contribution in [2.75, 3.05) is 31.1 Å². The minimum absolute atomic E-state index is 0.145. The zero-order chi connectivity index (χ0) is 15.4. The van der Waals surface area contributed by atoms with Gasteiger partial charge in [-0.3, -0.25) is 20.0 Å². The standard InChI is InChI=1S/C16H18N4O2/c21-20(22)16-3-1-14(2-4-16)13-18-9-11-19(12-10-18)15-5-7-17-8-6-15/h1-8H,9-13H2. The van der Waals surface area contributed by atoms with Gasteiger partial charge in [-0.05, 0) is 17.7 Å². The average Bonchev–Trinajstić information content (AvgIpc) is 2.57. The van der Waals surface area contributed by atoms with Crippen LogP contribution in [0.4, 0.5) is 11.4 Å². The lowest BCUT2D eigenvalue weighted by Gasteiger charge is -2.36. The van der Waals surface area contributed by atoms with Gasteiger partial charge in [0.15, 0.2) is 0 Å². The zero-order valence-electron chi connectivity index (χ0n) is 12.3. The molecular formula is C16H18N4O2. The molecule has 0 N–H and O–H groups in total. The highest BCUT2D eigenvalue weighted by molar-refractivity contribution is 5.45. The molecule has 1 aromatic carbocycles.